The second-order valence-corrected chi connectivity index (χ2v) is 6.48. The van der Waals surface area contributed by atoms with Crippen molar-refractivity contribution in [2.75, 3.05) is 6.67 Å². The molecule has 0 spiro atoms. The number of halogens is 1. The highest BCUT2D eigenvalue weighted by Gasteiger charge is 2.25. The molecule has 0 N–H and O–H groups in total. The van der Waals surface area contributed by atoms with Gasteiger partial charge in [-0.1, -0.05) is 48.5 Å². The van der Waals surface area contributed by atoms with Gasteiger partial charge in [-0.25, -0.2) is 0 Å². The maximum Gasteiger partial charge on any atom is 0.106 e. The molecular formula is C19H19ClN2. The highest BCUT2D eigenvalue weighted by atomic mass is 35.5. The predicted octanol–water partition coefficient (Wildman–Crippen LogP) is 4.46. The lowest BCUT2D eigenvalue weighted by Gasteiger charge is -2.29. The molecule has 22 heavy (non-hydrogen) atoms. The van der Waals surface area contributed by atoms with Gasteiger partial charge in [-0.05, 0) is 41.5 Å². The molecule has 1 unspecified atom stereocenters. The minimum absolute atomic E-state index is 0.215. The standard InChI is InChI=1S/C19H19ClN2/c20-22-12-11-21(14-22)19(16-5-2-1-3-6-16)18-10-9-15-7-4-8-17(15)13-18/h1-3,5-6,9-13,19H,4,7-8,14H2. The molecule has 1 aliphatic heterocycles. The molecule has 2 aromatic rings. The molecule has 2 nitrogen and oxygen atoms in total. The fourth-order valence-electron chi connectivity index (χ4n) is 3.55. The first-order chi connectivity index (χ1) is 10.8. The van der Waals surface area contributed by atoms with Crippen LogP contribution < -0.4 is 0 Å². The molecule has 3 heteroatoms. The molecule has 1 heterocycles. The zero-order valence-corrected chi connectivity index (χ0v) is 13.2. The summed E-state index contributed by atoms with van der Waals surface area (Å²) in [5.41, 5.74) is 5.69. The quantitative estimate of drug-likeness (QED) is 0.772. The van der Waals surface area contributed by atoms with Crippen LogP contribution in [0.25, 0.3) is 0 Å². The van der Waals surface area contributed by atoms with E-state index in [0.717, 1.165) is 0 Å². The van der Waals surface area contributed by atoms with Crippen LogP contribution in [0.1, 0.15) is 34.7 Å². The van der Waals surface area contributed by atoms with E-state index in [1.165, 1.54) is 41.5 Å². The summed E-state index contributed by atoms with van der Waals surface area (Å²) >= 11 is 6.12. The Morgan fingerprint density at radius 1 is 0.864 bits per heavy atom. The van der Waals surface area contributed by atoms with E-state index in [9.17, 15) is 0 Å². The third-order valence-corrected chi connectivity index (χ3v) is 4.82. The topological polar surface area (TPSA) is 6.48 Å². The van der Waals surface area contributed by atoms with Gasteiger partial charge in [0, 0.05) is 24.2 Å². The Balaban J connectivity index is 1.75. The van der Waals surface area contributed by atoms with E-state index in [2.05, 4.69) is 59.6 Å². The van der Waals surface area contributed by atoms with E-state index in [1.54, 1.807) is 4.42 Å². The maximum absolute atomic E-state index is 6.12. The SMILES string of the molecule is ClN1C=CN(C(c2ccccc2)c2ccc3c(c2)CCC3)C1. The molecule has 1 aliphatic carbocycles. The van der Waals surface area contributed by atoms with Gasteiger partial charge in [0.25, 0.3) is 0 Å². The molecular weight excluding hydrogens is 292 g/mol. The number of nitrogens with zero attached hydrogens (tertiary/aromatic N) is 2. The van der Waals surface area contributed by atoms with Crippen molar-refractivity contribution in [2.24, 2.45) is 0 Å². The summed E-state index contributed by atoms with van der Waals surface area (Å²) in [5.74, 6) is 0. The van der Waals surface area contributed by atoms with Crippen LogP contribution in [-0.4, -0.2) is 16.0 Å². The Hall–Kier alpha value is -1.93. The summed E-state index contributed by atoms with van der Waals surface area (Å²) in [7, 11) is 0. The van der Waals surface area contributed by atoms with Crippen LogP contribution in [-0.2, 0) is 12.8 Å². The van der Waals surface area contributed by atoms with E-state index in [4.69, 9.17) is 11.8 Å². The molecule has 0 amide bonds. The lowest BCUT2D eigenvalue weighted by Crippen LogP contribution is -2.26. The summed E-state index contributed by atoms with van der Waals surface area (Å²) in [6.45, 7) is 0.707. The molecule has 0 bridgehead atoms. The summed E-state index contributed by atoms with van der Waals surface area (Å²) < 4.78 is 1.70. The molecule has 0 aromatic heterocycles. The Bertz CT molecular complexity index is 696. The Morgan fingerprint density at radius 3 is 2.45 bits per heavy atom. The fraction of sp³-hybridized carbons (Fsp3) is 0.263. The van der Waals surface area contributed by atoms with Crippen molar-refractivity contribution >= 4 is 11.8 Å². The summed E-state index contributed by atoms with van der Waals surface area (Å²) in [6.07, 6.45) is 7.73. The second-order valence-electron chi connectivity index (χ2n) is 6.05. The lowest BCUT2D eigenvalue weighted by atomic mass is 9.95. The van der Waals surface area contributed by atoms with E-state index >= 15 is 0 Å². The molecule has 0 fully saturated rings. The predicted molar refractivity (Wildman–Crippen MR) is 90.3 cm³/mol. The third-order valence-electron chi connectivity index (χ3n) is 4.60. The van der Waals surface area contributed by atoms with Crippen LogP contribution in [0.2, 0.25) is 0 Å². The maximum atomic E-state index is 6.12. The lowest BCUT2D eigenvalue weighted by molar-refractivity contribution is 0.292. The van der Waals surface area contributed by atoms with Gasteiger partial charge < -0.3 is 4.90 Å². The molecule has 2 aliphatic rings. The van der Waals surface area contributed by atoms with E-state index in [0.29, 0.717) is 6.67 Å². The molecule has 0 radical (unpaired) electrons. The molecule has 0 saturated heterocycles. The molecule has 2 aromatic carbocycles. The molecule has 4 rings (SSSR count). The van der Waals surface area contributed by atoms with Gasteiger partial charge in [-0.3, -0.25) is 4.42 Å². The Labute approximate surface area is 136 Å². The van der Waals surface area contributed by atoms with Crippen LogP contribution in [0, 0.1) is 0 Å². The number of hydrogen-bond donors (Lipinski definition) is 0. The second kappa shape index (κ2) is 5.69. The highest BCUT2D eigenvalue weighted by Crippen LogP contribution is 2.34. The van der Waals surface area contributed by atoms with Crippen LogP contribution in [0.3, 0.4) is 0 Å². The van der Waals surface area contributed by atoms with Crippen LogP contribution in [0.15, 0.2) is 60.9 Å². The number of aryl methyl sites for hydroxylation is 2. The van der Waals surface area contributed by atoms with Gasteiger partial charge in [0.2, 0.25) is 0 Å². The average molecular weight is 311 g/mol. The van der Waals surface area contributed by atoms with Crippen molar-refractivity contribution in [3.05, 3.63) is 83.2 Å². The number of rotatable bonds is 3. The summed E-state index contributed by atoms with van der Waals surface area (Å²) in [4.78, 5) is 2.29. The van der Waals surface area contributed by atoms with Crippen molar-refractivity contribution in [3.63, 3.8) is 0 Å². The minimum Gasteiger partial charge on any atom is -0.346 e. The van der Waals surface area contributed by atoms with E-state index < -0.39 is 0 Å². The molecule has 0 saturated carbocycles. The van der Waals surface area contributed by atoms with E-state index in [-0.39, 0.29) is 6.04 Å². The van der Waals surface area contributed by atoms with Crippen molar-refractivity contribution in [2.45, 2.75) is 25.3 Å². The summed E-state index contributed by atoms with van der Waals surface area (Å²) in [5, 5.41) is 0. The van der Waals surface area contributed by atoms with Gasteiger partial charge in [0.05, 0.1) is 6.04 Å². The van der Waals surface area contributed by atoms with E-state index in [1.807, 2.05) is 6.20 Å². The van der Waals surface area contributed by atoms with Gasteiger partial charge in [0.1, 0.15) is 6.67 Å². The number of hydrogen-bond acceptors (Lipinski definition) is 2. The smallest absolute Gasteiger partial charge is 0.106 e. The van der Waals surface area contributed by atoms with Gasteiger partial charge in [-0.15, -0.1) is 0 Å². The first-order valence-corrected chi connectivity index (χ1v) is 8.18. The van der Waals surface area contributed by atoms with Crippen molar-refractivity contribution in [1.29, 1.82) is 0 Å². The molecule has 1 atom stereocenters. The molecule has 112 valence electrons. The van der Waals surface area contributed by atoms with Gasteiger partial charge in [-0.2, -0.15) is 0 Å². The monoisotopic (exact) mass is 310 g/mol. The average Bonchev–Trinajstić information content (AvgIpc) is 3.17. The third kappa shape index (κ3) is 2.48. The van der Waals surface area contributed by atoms with Crippen LogP contribution >= 0.6 is 11.8 Å². The van der Waals surface area contributed by atoms with Crippen molar-refractivity contribution in [3.8, 4) is 0 Å². The van der Waals surface area contributed by atoms with Crippen molar-refractivity contribution < 1.29 is 0 Å². The zero-order chi connectivity index (χ0) is 14.9. The first-order valence-electron chi connectivity index (χ1n) is 7.84. The Kier molecular flexibility index (Phi) is 3.55. The van der Waals surface area contributed by atoms with Gasteiger partial charge in [0.15, 0.2) is 0 Å². The number of fused-ring (bicyclic) bond motifs is 1. The largest absolute Gasteiger partial charge is 0.346 e. The highest BCUT2D eigenvalue weighted by molar-refractivity contribution is 6.14. The van der Waals surface area contributed by atoms with Crippen LogP contribution in [0.4, 0.5) is 0 Å². The first kappa shape index (κ1) is 13.7. The summed E-state index contributed by atoms with van der Waals surface area (Å²) in [6, 6.07) is 17.9. The van der Waals surface area contributed by atoms with Gasteiger partial charge >= 0.3 is 0 Å². The minimum atomic E-state index is 0.215. The van der Waals surface area contributed by atoms with Crippen LogP contribution in [0.5, 0.6) is 0 Å². The zero-order valence-electron chi connectivity index (χ0n) is 12.5. The normalized spacial score (nSPS) is 17.9. The Morgan fingerprint density at radius 2 is 1.68 bits per heavy atom. The number of benzene rings is 2. The van der Waals surface area contributed by atoms with Crippen molar-refractivity contribution in [1.82, 2.24) is 9.32 Å². The fourth-order valence-corrected chi connectivity index (χ4v) is 3.72.